The highest BCUT2D eigenvalue weighted by molar-refractivity contribution is 6.67. The van der Waals surface area contributed by atoms with Crippen LogP contribution in [0.5, 0.6) is 0 Å². The molecule has 34 heavy (non-hydrogen) atoms. The van der Waals surface area contributed by atoms with Gasteiger partial charge in [0.1, 0.15) is 0 Å². The molecule has 0 aromatic heterocycles. The SMILES string of the molecule is CCCCCCCCCCCCCCCCO[Si](CC)(CC)OCCCCCCCCCCC. The molecular formula is C31H66O2Si. The van der Waals surface area contributed by atoms with E-state index >= 15 is 0 Å². The van der Waals surface area contributed by atoms with E-state index in [1.165, 1.54) is 148 Å². The molecule has 2 nitrogen and oxygen atoms in total. The summed E-state index contributed by atoms with van der Waals surface area (Å²) in [5.41, 5.74) is 0. The third kappa shape index (κ3) is 22.6. The second-order valence-corrected chi connectivity index (χ2v) is 14.6. The fourth-order valence-corrected chi connectivity index (χ4v) is 7.36. The summed E-state index contributed by atoms with van der Waals surface area (Å²) >= 11 is 0. The maximum Gasteiger partial charge on any atom is 0.337 e. The second kappa shape index (κ2) is 27.7. The first-order valence-corrected chi connectivity index (χ1v) is 18.3. The summed E-state index contributed by atoms with van der Waals surface area (Å²) in [6.45, 7) is 11.0. The minimum absolute atomic E-state index is 0.919. The van der Waals surface area contributed by atoms with Crippen molar-refractivity contribution in [3.05, 3.63) is 0 Å². The first-order chi connectivity index (χ1) is 16.7. The Morgan fingerprint density at radius 2 is 0.559 bits per heavy atom. The molecule has 0 atom stereocenters. The Morgan fingerprint density at radius 1 is 0.324 bits per heavy atom. The molecule has 0 spiro atoms. The van der Waals surface area contributed by atoms with E-state index in [0.29, 0.717) is 0 Å². The van der Waals surface area contributed by atoms with E-state index in [2.05, 4.69) is 27.7 Å². The Balaban J connectivity index is 3.55. The van der Waals surface area contributed by atoms with Gasteiger partial charge in [-0.25, -0.2) is 0 Å². The standard InChI is InChI=1S/C31H66O2Si/c1-5-9-11-13-15-17-18-19-20-21-23-25-27-29-31-33-34(7-3,8-4)32-30-28-26-24-22-16-14-12-10-6-2/h5-31H2,1-4H3. The van der Waals surface area contributed by atoms with E-state index in [4.69, 9.17) is 8.85 Å². The Kier molecular flexibility index (Phi) is 27.8. The van der Waals surface area contributed by atoms with Gasteiger partial charge in [-0.2, -0.15) is 0 Å². The highest BCUT2D eigenvalue weighted by atomic mass is 28.4. The normalized spacial score (nSPS) is 12.0. The first-order valence-electron chi connectivity index (χ1n) is 16.0. The van der Waals surface area contributed by atoms with Gasteiger partial charge in [0.25, 0.3) is 0 Å². The molecule has 0 aromatic carbocycles. The Bertz CT molecular complexity index is 370. The summed E-state index contributed by atoms with van der Waals surface area (Å²) in [7, 11) is -1.94. The van der Waals surface area contributed by atoms with Crippen LogP contribution in [0.15, 0.2) is 0 Å². The quantitative estimate of drug-likeness (QED) is 0.0753. The van der Waals surface area contributed by atoms with Crippen LogP contribution in [0.25, 0.3) is 0 Å². The van der Waals surface area contributed by atoms with Crippen LogP contribution in [0, 0.1) is 0 Å². The van der Waals surface area contributed by atoms with Crippen LogP contribution in [0.4, 0.5) is 0 Å². The molecular weight excluding hydrogens is 432 g/mol. The predicted octanol–water partition coefficient (Wildman–Crippen LogP) is 11.5. The summed E-state index contributed by atoms with van der Waals surface area (Å²) in [5, 5.41) is 0. The molecule has 206 valence electrons. The van der Waals surface area contributed by atoms with Crippen LogP contribution in [0.2, 0.25) is 12.1 Å². The zero-order chi connectivity index (χ0) is 25.0. The van der Waals surface area contributed by atoms with Crippen LogP contribution < -0.4 is 0 Å². The minimum Gasteiger partial charge on any atom is -0.394 e. The molecule has 0 N–H and O–H groups in total. The Hall–Kier alpha value is 0.137. The van der Waals surface area contributed by atoms with E-state index in [0.717, 1.165) is 25.3 Å². The molecule has 0 fully saturated rings. The van der Waals surface area contributed by atoms with Crippen LogP contribution in [-0.2, 0) is 8.85 Å². The van der Waals surface area contributed by atoms with Crippen molar-refractivity contribution in [2.45, 2.75) is 187 Å². The highest BCUT2D eigenvalue weighted by Gasteiger charge is 2.33. The molecule has 0 amide bonds. The van der Waals surface area contributed by atoms with Crippen molar-refractivity contribution in [3.63, 3.8) is 0 Å². The van der Waals surface area contributed by atoms with Crippen molar-refractivity contribution in [2.24, 2.45) is 0 Å². The summed E-state index contributed by atoms with van der Waals surface area (Å²) in [5.74, 6) is 0. The van der Waals surface area contributed by atoms with E-state index in [1.54, 1.807) is 0 Å². The lowest BCUT2D eigenvalue weighted by molar-refractivity contribution is 0.163. The lowest BCUT2D eigenvalue weighted by Gasteiger charge is -2.29. The van der Waals surface area contributed by atoms with Crippen LogP contribution in [-0.4, -0.2) is 21.8 Å². The molecule has 3 heteroatoms. The van der Waals surface area contributed by atoms with Gasteiger partial charge in [0.2, 0.25) is 0 Å². The van der Waals surface area contributed by atoms with Gasteiger partial charge in [-0.1, -0.05) is 163 Å². The number of unbranched alkanes of at least 4 members (excludes halogenated alkanes) is 21. The van der Waals surface area contributed by atoms with Gasteiger partial charge in [-0.05, 0) is 24.9 Å². The molecule has 0 bridgehead atoms. The summed E-state index contributed by atoms with van der Waals surface area (Å²) in [6, 6.07) is 2.19. The van der Waals surface area contributed by atoms with Crippen molar-refractivity contribution in [2.75, 3.05) is 13.2 Å². The predicted molar refractivity (Wildman–Crippen MR) is 156 cm³/mol. The second-order valence-electron chi connectivity index (χ2n) is 10.7. The van der Waals surface area contributed by atoms with Crippen molar-refractivity contribution >= 4 is 8.56 Å². The summed E-state index contributed by atoms with van der Waals surface area (Å²) in [4.78, 5) is 0. The van der Waals surface area contributed by atoms with Gasteiger partial charge in [-0.3, -0.25) is 0 Å². The maximum absolute atomic E-state index is 6.43. The Morgan fingerprint density at radius 3 is 0.794 bits per heavy atom. The van der Waals surface area contributed by atoms with Gasteiger partial charge in [0.15, 0.2) is 0 Å². The molecule has 0 rings (SSSR count). The van der Waals surface area contributed by atoms with Crippen molar-refractivity contribution in [3.8, 4) is 0 Å². The molecule has 0 heterocycles. The topological polar surface area (TPSA) is 18.5 Å². The summed E-state index contributed by atoms with van der Waals surface area (Å²) in [6.07, 6.45) is 32.1. The van der Waals surface area contributed by atoms with Crippen LogP contribution in [0.3, 0.4) is 0 Å². The first kappa shape index (κ1) is 34.1. The fourth-order valence-electron chi connectivity index (χ4n) is 4.93. The van der Waals surface area contributed by atoms with Gasteiger partial charge >= 0.3 is 8.56 Å². The van der Waals surface area contributed by atoms with Gasteiger partial charge in [0, 0.05) is 13.2 Å². The van der Waals surface area contributed by atoms with E-state index in [-0.39, 0.29) is 0 Å². The molecule has 0 aliphatic rings. The van der Waals surface area contributed by atoms with E-state index in [1.807, 2.05) is 0 Å². The zero-order valence-corrected chi connectivity index (χ0v) is 25.4. The Labute approximate surface area is 218 Å². The average molecular weight is 499 g/mol. The largest absolute Gasteiger partial charge is 0.394 e. The highest BCUT2D eigenvalue weighted by Crippen LogP contribution is 2.21. The van der Waals surface area contributed by atoms with Crippen molar-refractivity contribution < 1.29 is 8.85 Å². The van der Waals surface area contributed by atoms with Crippen molar-refractivity contribution in [1.82, 2.24) is 0 Å². The van der Waals surface area contributed by atoms with E-state index in [9.17, 15) is 0 Å². The monoisotopic (exact) mass is 498 g/mol. The smallest absolute Gasteiger partial charge is 0.337 e. The minimum atomic E-state index is -1.94. The summed E-state index contributed by atoms with van der Waals surface area (Å²) < 4.78 is 12.9. The molecule has 0 aliphatic carbocycles. The van der Waals surface area contributed by atoms with Gasteiger partial charge < -0.3 is 8.85 Å². The molecule has 0 radical (unpaired) electrons. The molecule has 0 aromatic rings. The number of rotatable bonds is 29. The number of hydrogen-bond acceptors (Lipinski definition) is 2. The molecule has 0 unspecified atom stereocenters. The molecule has 0 saturated heterocycles. The third-order valence-electron chi connectivity index (χ3n) is 7.55. The van der Waals surface area contributed by atoms with Gasteiger partial charge in [-0.15, -0.1) is 0 Å². The number of hydrogen-bond donors (Lipinski definition) is 0. The lowest BCUT2D eigenvalue weighted by atomic mass is 10.0. The van der Waals surface area contributed by atoms with Crippen LogP contribution >= 0.6 is 0 Å². The van der Waals surface area contributed by atoms with Crippen molar-refractivity contribution in [1.29, 1.82) is 0 Å². The molecule has 0 aliphatic heterocycles. The average Bonchev–Trinajstić information content (AvgIpc) is 2.86. The maximum atomic E-state index is 6.43. The zero-order valence-electron chi connectivity index (χ0n) is 24.4. The third-order valence-corrected chi connectivity index (χ3v) is 11.2. The van der Waals surface area contributed by atoms with Crippen LogP contribution in [0.1, 0.15) is 175 Å². The fraction of sp³-hybridized carbons (Fsp3) is 1.00. The lowest BCUT2D eigenvalue weighted by Crippen LogP contribution is -2.41. The molecule has 0 saturated carbocycles. The van der Waals surface area contributed by atoms with Gasteiger partial charge in [0.05, 0.1) is 0 Å². The van der Waals surface area contributed by atoms with E-state index < -0.39 is 8.56 Å².